The lowest BCUT2D eigenvalue weighted by Crippen LogP contribution is -2.54. The fourth-order valence-electron chi connectivity index (χ4n) is 9.81. The van der Waals surface area contributed by atoms with Crippen LogP contribution in [0, 0.1) is 0 Å². The van der Waals surface area contributed by atoms with E-state index in [1.165, 1.54) is 0 Å². The second kappa shape index (κ2) is 20.0. The van der Waals surface area contributed by atoms with Crippen LogP contribution in [0.1, 0.15) is 95.5 Å². The van der Waals surface area contributed by atoms with Crippen molar-refractivity contribution in [1.82, 2.24) is 30.0 Å². The van der Waals surface area contributed by atoms with Crippen LogP contribution in [-0.4, -0.2) is 120 Å². The van der Waals surface area contributed by atoms with Crippen molar-refractivity contribution < 1.29 is 28.5 Å². The molecule has 3 fully saturated rings. The van der Waals surface area contributed by atoms with E-state index in [9.17, 15) is 23.7 Å². The lowest BCUT2D eigenvalue weighted by Gasteiger charge is -2.43. The smallest absolute Gasteiger partial charge is 0.255 e. The first-order chi connectivity index (χ1) is 30.8. The van der Waals surface area contributed by atoms with E-state index in [4.69, 9.17) is 21.3 Å². The highest BCUT2D eigenvalue weighted by Crippen LogP contribution is 2.37. The van der Waals surface area contributed by atoms with Crippen molar-refractivity contribution in [2.75, 3.05) is 64.6 Å². The molecule has 338 valence electrons. The van der Waals surface area contributed by atoms with Gasteiger partial charge in [0.25, 0.3) is 5.91 Å². The fourth-order valence-corrected chi connectivity index (χ4v) is 11.3. The molecule has 3 saturated heterocycles. The predicted molar refractivity (Wildman–Crippen MR) is 249 cm³/mol. The van der Waals surface area contributed by atoms with E-state index in [1.54, 1.807) is 31.5 Å². The first-order valence-corrected chi connectivity index (χ1v) is 25.7. The maximum Gasteiger partial charge on any atom is 0.255 e. The van der Waals surface area contributed by atoms with E-state index >= 15 is 0 Å². The van der Waals surface area contributed by atoms with Crippen LogP contribution in [0.5, 0.6) is 5.75 Å². The maximum atomic E-state index is 13.2. The number of nitrogens with zero attached hydrogens (tertiary/aromatic N) is 6. The average Bonchev–Trinajstić information content (AvgIpc) is 3.61. The number of piperazine rings is 1. The van der Waals surface area contributed by atoms with E-state index in [2.05, 4.69) is 44.4 Å². The zero-order chi connectivity index (χ0) is 45.0. The minimum atomic E-state index is -2.48. The number of unbranched alkanes of at least 4 members (excludes halogenated alkanes) is 2. The van der Waals surface area contributed by atoms with Gasteiger partial charge in [0.15, 0.2) is 0 Å². The van der Waals surface area contributed by atoms with Crippen LogP contribution in [0.15, 0.2) is 66.9 Å². The van der Waals surface area contributed by atoms with Gasteiger partial charge in [-0.05, 0) is 80.7 Å². The monoisotopic (exact) mass is 907 g/mol. The Balaban J connectivity index is 0.749. The van der Waals surface area contributed by atoms with E-state index in [0.29, 0.717) is 60.4 Å². The number of aromatic nitrogens is 2. The number of amides is 4. The van der Waals surface area contributed by atoms with Crippen LogP contribution in [0.4, 0.5) is 5.69 Å². The van der Waals surface area contributed by atoms with Crippen LogP contribution < -0.4 is 20.3 Å². The van der Waals surface area contributed by atoms with E-state index in [0.717, 1.165) is 117 Å². The summed E-state index contributed by atoms with van der Waals surface area (Å²) in [5, 5.41) is 3.69. The molecule has 1 N–H and O–H groups in total. The Morgan fingerprint density at radius 1 is 0.891 bits per heavy atom. The van der Waals surface area contributed by atoms with E-state index in [-0.39, 0.29) is 24.1 Å². The highest BCUT2D eigenvalue weighted by molar-refractivity contribution is 7.70. The van der Waals surface area contributed by atoms with E-state index < -0.39 is 19.1 Å². The lowest BCUT2D eigenvalue weighted by molar-refractivity contribution is -0.137. The fraction of sp³-hybridized carbons (Fsp3) is 0.469. The summed E-state index contributed by atoms with van der Waals surface area (Å²) in [4.78, 5) is 68.2. The van der Waals surface area contributed by atoms with Gasteiger partial charge < -0.3 is 24.0 Å². The summed E-state index contributed by atoms with van der Waals surface area (Å²) in [5.41, 5.74) is 6.51. The number of hydrogen-bond donors (Lipinski definition) is 1. The highest BCUT2D eigenvalue weighted by atomic mass is 35.5. The topological polar surface area (TPSA) is 145 Å². The molecule has 0 radical (unpaired) electrons. The number of benzene rings is 3. The van der Waals surface area contributed by atoms with Crippen LogP contribution in [0.2, 0.25) is 5.02 Å². The van der Waals surface area contributed by atoms with Gasteiger partial charge in [0, 0.05) is 112 Å². The molecule has 0 aliphatic carbocycles. The standard InChI is InChI=1S/C49H59ClN7O6P/c1-63-43-30-38(15-14-34(43)29-45-51-31-40(50)41(52-45)28-35-10-7-8-11-44(35)64(2,3)62)54-21-19-37(20-22-54)55-23-25-56(26-24-55)47(59)12-6-4-5-9-33-13-16-39-36(27-33)32-57(49(39)61)42-17-18-46(58)53-48(42)60/h7-8,10-11,13-16,27,30-31,37,42H,4-6,9,12,17-26,28-29,32H2,1-3H3,(H,53,58,60). The van der Waals surface area contributed by atoms with Gasteiger partial charge in [0.05, 0.1) is 17.8 Å². The molecule has 13 nitrogen and oxygen atoms in total. The number of hydrogen-bond acceptors (Lipinski definition) is 10. The first kappa shape index (κ1) is 45.5. The van der Waals surface area contributed by atoms with Crippen LogP contribution in [0.25, 0.3) is 0 Å². The number of carbonyl (C=O) groups is 4. The molecule has 0 saturated carbocycles. The number of nitrogens with one attached hydrogen (secondary N) is 1. The Bertz CT molecular complexity index is 2440. The Kier molecular flexibility index (Phi) is 14.2. The van der Waals surface area contributed by atoms with Crippen LogP contribution in [0.3, 0.4) is 0 Å². The molecule has 4 amide bonds. The van der Waals surface area contributed by atoms with Gasteiger partial charge in [0.1, 0.15) is 24.8 Å². The molecule has 1 unspecified atom stereocenters. The molecule has 15 heteroatoms. The summed E-state index contributed by atoms with van der Waals surface area (Å²) in [5.74, 6) is 0.851. The first-order valence-electron chi connectivity index (χ1n) is 22.7. The molecular weight excluding hydrogens is 849 g/mol. The molecule has 5 heterocycles. The molecule has 64 heavy (non-hydrogen) atoms. The third kappa shape index (κ3) is 10.5. The van der Waals surface area contributed by atoms with E-state index in [1.807, 2.05) is 41.3 Å². The number of rotatable bonds is 15. The second-order valence-corrected chi connectivity index (χ2v) is 21.6. The largest absolute Gasteiger partial charge is 0.496 e. The Morgan fingerprint density at radius 3 is 2.42 bits per heavy atom. The van der Waals surface area contributed by atoms with Gasteiger partial charge in [0.2, 0.25) is 17.7 Å². The zero-order valence-corrected chi connectivity index (χ0v) is 38.8. The average molecular weight is 908 g/mol. The van der Waals surface area contributed by atoms with Gasteiger partial charge in [-0.15, -0.1) is 0 Å². The summed E-state index contributed by atoms with van der Waals surface area (Å²) in [6, 6.07) is 20.0. The molecule has 3 aromatic carbocycles. The number of aryl methyl sites for hydroxylation is 1. The van der Waals surface area contributed by atoms with Crippen molar-refractivity contribution in [2.45, 2.75) is 89.3 Å². The number of ether oxygens (including phenoxy) is 1. The van der Waals surface area contributed by atoms with Gasteiger partial charge in [-0.2, -0.15) is 0 Å². The van der Waals surface area contributed by atoms with Crippen molar-refractivity contribution in [2.24, 2.45) is 0 Å². The number of carbonyl (C=O) groups excluding carboxylic acids is 4. The van der Waals surface area contributed by atoms with Crippen molar-refractivity contribution in [3.05, 3.63) is 111 Å². The molecule has 0 spiro atoms. The minimum absolute atomic E-state index is 0.151. The lowest BCUT2D eigenvalue weighted by atomic mass is 10.0. The molecule has 8 rings (SSSR count). The van der Waals surface area contributed by atoms with Crippen LogP contribution >= 0.6 is 18.7 Å². The Hall–Kier alpha value is -5.10. The summed E-state index contributed by atoms with van der Waals surface area (Å²) >= 11 is 6.57. The molecule has 4 aliphatic heterocycles. The Morgan fingerprint density at radius 2 is 1.67 bits per heavy atom. The highest BCUT2D eigenvalue weighted by Gasteiger charge is 2.39. The van der Waals surface area contributed by atoms with Crippen molar-refractivity contribution in [3.8, 4) is 5.75 Å². The Labute approximate surface area is 381 Å². The van der Waals surface area contributed by atoms with Crippen LogP contribution in [-0.2, 0) is 44.8 Å². The third-order valence-electron chi connectivity index (χ3n) is 13.4. The van der Waals surface area contributed by atoms with Gasteiger partial charge in [-0.3, -0.25) is 29.4 Å². The quantitative estimate of drug-likeness (QED) is 0.0827. The molecule has 4 aliphatic rings. The summed E-state index contributed by atoms with van der Waals surface area (Å²) < 4.78 is 18.9. The SMILES string of the molecule is COc1cc(N2CCC(N3CCN(C(=O)CCCCCc4ccc5c(c4)CN(C4CCC(=O)NC4=O)C5=O)CC3)CC2)ccc1Cc1ncc(Cl)c(Cc2ccccc2P(C)(C)=O)n1. The van der Waals surface area contributed by atoms with Crippen molar-refractivity contribution in [3.63, 3.8) is 0 Å². The number of methoxy groups -OCH3 is 1. The van der Waals surface area contributed by atoms with Crippen molar-refractivity contribution in [1.29, 1.82) is 0 Å². The molecule has 4 aromatic rings. The zero-order valence-electron chi connectivity index (χ0n) is 37.2. The maximum absolute atomic E-state index is 13.2. The van der Waals surface area contributed by atoms with Gasteiger partial charge in [-0.25, -0.2) is 9.97 Å². The number of imide groups is 1. The second-order valence-electron chi connectivity index (χ2n) is 18.0. The number of piperidine rings is 2. The summed E-state index contributed by atoms with van der Waals surface area (Å²) in [6.07, 6.45) is 9.54. The summed E-state index contributed by atoms with van der Waals surface area (Å²) in [6.45, 7) is 9.19. The van der Waals surface area contributed by atoms with Gasteiger partial charge >= 0.3 is 0 Å². The van der Waals surface area contributed by atoms with Gasteiger partial charge in [-0.1, -0.05) is 60.5 Å². The predicted octanol–water partition coefficient (Wildman–Crippen LogP) is 6.25. The molecule has 1 aromatic heterocycles. The molecule has 0 bridgehead atoms. The summed E-state index contributed by atoms with van der Waals surface area (Å²) in [7, 11) is -0.778. The number of halogens is 1. The normalized spacial score (nSPS) is 18.7. The number of fused-ring (bicyclic) bond motifs is 1. The number of anilines is 1. The minimum Gasteiger partial charge on any atom is -0.496 e. The van der Waals surface area contributed by atoms with Crippen molar-refractivity contribution >= 4 is 53.4 Å². The molecule has 1 atom stereocenters. The third-order valence-corrected chi connectivity index (χ3v) is 15.3. The molecular formula is C49H59ClN7O6P.